The largest absolute Gasteiger partial charge is 0.436 e. The summed E-state index contributed by atoms with van der Waals surface area (Å²) in [6, 6.07) is 4.19. The lowest BCUT2D eigenvalue weighted by molar-refractivity contribution is 0.454. The molecule has 0 aliphatic carbocycles. The second-order valence-corrected chi connectivity index (χ2v) is 5.66. The lowest BCUT2D eigenvalue weighted by atomic mass is 10.3. The van der Waals surface area contributed by atoms with Gasteiger partial charge in [0.25, 0.3) is 0 Å². The van der Waals surface area contributed by atoms with Crippen LogP contribution in [-0.4, -0.2) is 16.5 Å². The van der Waals surface area contributed by atoms with E-state index in [1.54, 1.807) is 6.20 Å². The molecule has 0 saturated carbocycles. The van der Waals surface area contributed by atoms with Crippen LogP contribution in [0.4, 0.5) is 10.3 Å². The maximum Gasteiger partial charge on any atom is 0.238 e. The van der Waals surface area contributed by atoms with Crippen molar-refractivity contribution in [1.29, 1.82) is 0 Å². The average Bonchev–Trinajstić information content (AvgIpc) is 2.42. The summed E-state index contributed by atoms with van der Waals surface area (Å²) in [6.45, 7) is 2.83. The van der Waals surface area contributed by atoms with Crippen molar-refractivity contribution in [3.8, 4) is 11.6 Å². The van der Waals surface area contributed by atoms with E-state index in [1.165, 1.54) is 18.2 Å². The molecule has 0 aliphatic rings. The Hall–Kier alpha value is -1.21. The van der Waals surface area contributed by atoms with Gasteiger partial charge >= 0.3 is 0 Å². The first-order valence-corrected chi connectivity index (χ1v) is 7.58. The summed E-state index contributed by atoms with van der Waals surface area (Å²) in [5.41, 5.74) is 0. The number of aromatic nitrogens is 2. The maximum absolute atomic E-state index is 13.0. The van der Waals surface area contributed by atoms with Gasteiger partial charge in [0, 0.05) is 6.54 Å². The van der Waals surface area contributed by atoms with E-state index in [-0.39, 0.29) is 5.82 Å². The van der Waals surface area contributed by atoms with E-state index >= 15 is 0 Å². The summed E-state index contributed by atoms with van der Waals surface area (Å²) in [5.74, 6) is 0.998. The van der Waals surface area contributed by atoms with Crippen molar-refractivity contribution < 1.29 is 9.13 Å². The number of hydrogen-bond donors (Lipinski definition) is 1. The zero-order valence-corrected chi connectivity index (χ0v) is 13.8. The van der Waals surface area contributed by atoms with Gasteiger partial charge in [-0.05, 0) is 56.5 Å². The Labute approximate surface area is 133 Å². The van der Waals surface area contributed by atoms with Gasteiger partial charge in [-0.3, -0.25) is 0 Å². The quantitative estimate of drug-likeness (QED) is 0.780. The van der Waals surface area contributed by atoms with Gasteiger partial charge in [0.2, 0.25) is 11.8 Å². The molecule has 4 nitrogen and oxygen atoms in total. The van der Waals surface area contributed by atoms with Gasteiger partial charge in [-0.15, -0.1) is 0 Å². The van der Waals surface area contributed by atoms with E-state index in [2.05, 4.69) is 54.1 Å². The van der Waals surface area contributed by atoms with Crippen LogP contribution in [0.5, 0.6) is 11.6 Å². The number of hydrogen-bond acceptors (Lipinski definition) is 4. The lowest BCUT2D eigenvalue weighted by Gasteiger charge is -2.10. The molecule has 0 aliphatic heterocycles. The Kier molecular flexibility index (Phi) is 5.31. The van der Waals surface area contributed by atoms with Crippen LogP contribution in [0.25, 0.3) is 0 Å². The van der Waals surface area contributed by atoms with Gasteiger partial charge in [0.05, 0.1) is 15.1 Å². The molecule has 20 heavy (non-hydrogen) atoms. The summed E-state index contributed by atoms with van der Waals surface area (Å²) in [5, 5.41) is 3.08. The molecule has 0 saturated heterocycles. The van der Waals surface area contributed by atoms with E-state index in [4.69, 9.17) is 4.74 Å². The van der Waals surface area contributed by atoms with Crippen molar-refractivity contribution in [1.82, 2.24) is 9.97 Å². The molecule has 2 rings (SSSR count). The smallest absolute Gasteiger partial charge is 0.238 e. The zero-order valence-electron chi connectivity index (χ0n) is 10.7. The van der Waals surface area contributed by atoms with Crippen molar-refractivity contribution in [3.05, 3.63) is 39.2 Å². The summed E-state index contributed by atoms with van der Waals surface area (Å²) in [6.07, 6.45) is 2.58. The highest BCUT2D eigenvalue weighted by atomic mass is 79.9. The maximum atomic E-state index is 13.0. The van der Waals surface area contributed by atoms with Crippen LogP contribution in [0.3, 0.4) is 0 Å². The molecule has 0 atom stereocenters. The van der Waals surface area contributed by atoms with Crippen LogP contribution in [-0.2, 0) is 0 Å². The molecule has 0 unspecified atom stereocenters. The van der Waals surface area contributed by atoms with Crippen LogP contribution >= 0.6 is 31.9 Å². The lowest BCUT2D eigenvalue weighted by Crippen LogP contribution is -2.05. The number of nitrogens with one attached hydrogen (secondary N) is 1. The Bertz CT molecular complexity index is 610. The molecular formula is C13H12Br2FN3O. The molecule has 1 aromatic heterocycles. The zero-order chi connectivity index (χ0) is 14.5. The molecule has 1 aromatic carbocycles. The van der Waals surface area contributed by atoms with Crippen molar-refractivity contribution in [2.75, 3.05) is 11.9 Å². The number of nitrogens with zero attached hydrogens (tertiary/aromatic N) is 2. The first-order valence-electron chi connectivity index (χ1n) is 5.99. The Morgan fingerprint density at radius 2 is 2.10 bits per heavy atom. The van der Waals surface area contributed by atoms with Crippen LogP contribution in [0.1, 0.15) is 13.3 Å². The highest BCUT2D eigenvalue weighted by molar-refractivity contribution is 9.11. The van der Waals surface area contributed by atoms with E-state index in [0.717, 1.165) is 13.0 Å². The number of halogens is 3. The normalized spacial score (nSPS) is 10.4. The van der Waals surface area contributed by atoms with Crippen molar-refractivity contribution in [3.63, 3.8) is 0 Å². The second-order valence-electron chi connectivity index (χ2n) is 3.95. The SMILES string of the molecule is CCCNc1ncc(Br)c(Oc2ccc(F)cc2Br)n1. The second kappa shape index (κ2) is 6.99. The average molecular weight is 405 g/mol. The van der Waals surface area contributed by atoms with E-state index < -0.39 is 0 Å². The van der Waals surface area contributed by atoms with Gasteiger partial charge in [-0.1, -0.05) is 6.92 Å². The molecule has 0 radical (unpaired) electrons. The fourth-order valence-electron chi connectivity index (χ4n) is 1.41. The third-order valence-electron chi connectivity index (χ3n) is 2.35. The van der Waals surface area contributed by atoms with Crippen LogP contribution in [0, 0.1) is 5.82 Å². The predicted molar refractivity (Wildman–Crippen MR) is 82.7 cm³/mol. The van der Waals surface area contributed by atoms with E-state index in [0.29, 0.717) is 26.5 Å². The van der Waals surface area contributed by atoms with Crippen molar-refractivity contribution >= 4 is 37.8 Å². The predicted octanol–water partition coefficient (Wildman–Crippen LogP) is 4.75. The highest BCUT2D eigenvalue weighted by Gasteiger charge is 2.10. The third-order valence-corrected chi connectivity index (χ3v) is 3.51. The minimum absolute atomic E-state index is 0.337. The van der Waals surface area contributed by atoms with Gasteiger partial charge < -0.3 is 10.1 Å². The molecule has 0 fully saturated rings. The first-order chi connectivity index (χ1) is 9.60. The summed E-state index contributed by atoms with van der Waals surface area (Å²) < 4.78 is 19.8. The van der Waals surface area contributed by atoms with Gasteiger partial charge in [-0.2, -0.15) is 4.98 Å². The van der Waals surface area contributed by atoms with Crippen LogP contribution in [0.15, 0.2) is 33.3 Å². The van der Waals surface area contributed by atoms with Gasteiger partial charge in [-0.25, -0.2) is 9.37 Å². The minimum Gasteiger partial charge on any atom is -0.436 e. The molecule has 0 spiro atoms. The monoisotopic (exact) mass is 403 g/mol. The molecule has 1 N–H and O–H groups in total. The van der Waals surface area contributed by atoms with Gasteiger partial charge in [0.15, 0.2) is 0 Å². The fourth-order valence-corrected chi connectivity index (χ4v) is 2.11. The highest BCUT2D eigenvalue weighted by Crippen LogP contribution is 2.33. The Morgan fingerprint density at radius 3 is 2.80 bits per heavy atom. The van der Waals surface area contributed by atoms with Crippen LogP contribution < -0.4 is 10.1 Å². The summed E-state index contributed by atoms with van der Waals surface area (Å²) >= 11 is 6.58. The standard InChI is InChI=1S/C13H12Br2FN3O/c1-2-5-17-13-18-7-10(15)12(19-13)20-11-4-3-8(16)6-9(11)14/h3-4,6-7H,2,5H2,1H3,(H,17,18,19). The molecule has 0 bridgehead atoms. The van der Waals surface area contributed by atoms with E-state index in [1.807, 2.05) is 0 Å². The van der Waals surface area contributed by atoms with Crippen molar-refractivity contribution in [2.24, 2.45) is 0 Å². The number of benzene rings is 1. The first kappa shape index (κ1) is 15.2. The molecule has 2 aromatic rings. The summed E-state index contributed by atoms with van der Waals surface area (Å²) in [4.78, 5) is 8.40. The molecular weight excluding hydrogens is 393 g/mol. The molecule has 7 heteroatoms. The third kappa shape index (κ3) is 3.89. The Balaban J connectivity index is 2.23. The summed E-state index contributed by atoms with van der Waals surface area (Å²) in [7, 11) is 0. The van der Waals surface area contributed by atoms with Gasteiger partial charge in [0.1, 0.15) is 11.6 Å². The Morgan fingerprint density at radius 1 is 1.30 bits per heavy atom. The topological polar surface area (TPSA) is 47.0 Å². The molecule has 0 amide bonds. The number of anilines is 1. The number of ether oxygens (including phenoxy) is 1. The van der Waals surface area contributed by atoms with Crippen LogP contribution in [0.2, 0.25) is 0 Å². The fraction of sp³-hybridized carbons (Fsp3) is 0.231. The number of rotatable bonds is 5. The molecule has 1 heterocycles. The molecule has 106 valence electrons. The van der Waals surface area contributed by atoms with E-state index in [9.17, 15) is 4.39 Å². The minimum atomic E-state index is -0.337. The van der Waals surface area contributed by atoms with Crippen molar-refractivity contribution in [2.45, 2.75) is 13.3 Å².